The van der Waals surface area contributed by atoms with Gasteiger partial charge >= 0.3 is 12.1 Å². The monoisotopic (exact) mass is 821 g/mol. The summed E-state index contributed by atoms with van der Waals surface area (Å²) in [5, 5.41) is 7.78. The summed E-state index contributed by atoms with van der Waals surface area (Å²) in [5.41, 5.74) is 1.41. The van der Waals surface area contributed by atoms with E-state index < -0.39 is 53.4 Å². The summed E-state index contributed by atoms with van der Waals surface area (Å²) < 4.78 is 17.8. The Morgan fingerprint density at radius 3 is 2.31 bits per heavy atom. The third-order valence-corrected chi connectivity index (χ3v) is 13.0. The first kappa shape index (κ1) is 40.4. The predicted octanol–water partition coefficient (Wildman–Crippen LogP) is 6.72. The molecule has 2 aromatic carbocycles. The first-order valence-electron chi connectivity index (χ1n) is 21.1. The van der Waals surface area contributed by atoms with Crippen LogP contribution in [0.3, 0.4) is 0 Å². The van der Waals surface area contributed by atoms with Crippen LogP contribution in [-0.4, -0.2) is 87.5 Å². The highest BCUT2D eigenvalue weighted by Gasteiger charge is 2.63. The van der Waals surface area contributed by atoms with Crippen molar-refractivity contribution in [2.24, 2.45) is 5.92 Å². The fraction of sp³-hybridized carbons (Fsp3) is 0.489. The van der Waals surface area contributed by atoms with E-state index in [9.17, 15) is 24.0 Å². The van der Waals surface area contributed by atoms with Gasteiger partial charge in [0.1, 0.15) is 35.5 Å². The number of hydrogen-bond acceptors (Lipinski definition) is 11. The Kier molecular flexibility index (Phi) is 12.5. The van der Waals surface area contributed by atoms with Gasteiger partial charge < -0.3 is 29.7 Å². The summed E-state index contributed by atoms with van der Waals surface area (Å²) >= 11 is 1.49. The first-order chi connectivity index (χ1) is 28.8. The Morgan fingerprint density at radius 1 is 0.831 bits per heavy atom. The molecular formula is C45H51N5O8S. The molecule has 4 fully saturated rings. The molecule has 0 spiro atoms. The standard InChI is InChI=1S/C45H51N5O8S/c51-39(43(54)56-24-23-29-14-5-4-6-15-29)45-27-30(45)16-7-2-1-3-8-21-35(48-44(55)58-31-17-9-10-18-31)42(53)50-28-32(26-36(50)40(52)49-45)57-41-38(37-22-13-25-59-37)46-33-19-11-12-20-34(33)47-41/h4-6,11-15,19-20,22,25,30-32,35-36H,1-3,7-10,16-18,21,23-24,26-28H2,(H,48,55)(H,49,52)/t30?,32-,35+,36+,45?/m1/s1. The molecule has 2 saturated heterocycles. The van der Waals surface area contributed by atoms with E-state index in [-0.39, 0.29) is 37.5 Å². The minimum Gasteiger partial charge on any atom is -0.471 e. The van der Waals surface area contributed by atoms with Gasteiger partial charge in [-0.2, -0.15) is 0 Å². The molecule has 59 heavy (non-hydrogen) atoms. The summed E-state index contributed by atoms with van der Waals surface area (Å²) in [6, 6.07) is 18.8. The third-order valence-electron chi connectivity index (χ3n) is 12.1. The molecule has 2 unspecified atom stereocenters. The second-order valence-electron chi connectivity index (χ2n) is 16.2. The molecule has 4 aromatic rings. The maximum absolute atomic E-state index is 14.7. The van der Waals surface area contributed by atoms with Gasteiger partial charge in [0, 0.05) is 12.8 Å². The Bertz CT molecular complexity index is 2140. The zero-order valence-electron chi connectivity index (χ0n) is 33.1. The van der Waals surface area contributed by atoms with E-state index in [2.05, 4.69) is 10.6 Å². The van der Waals surface area contributed by atoms with E-state index in [0.29, 0.717) is 48.8 Å². The molecule has 14 heteroatoms. The van der Waals surface area contributed by atoms with Crippen LogP contribution in [0.25, 0.3) is 21.6 Å². The summed E-state index contributed by atoms with van der Waals surface area (Å²) in [7, 11) is 0. The van der Waals surface area contributed by atoms with E-state index in [1.165, 1.54) is 16.2 Å². The Hall–Kier alpha value is -5.37. The maximum atomic E-state index is 14.7. The van der Waals surface area contributed by atoms with Gasteiger partial charge in [0.2, 0.25) is 17.7 Å². The molecule has 2 N–H and O–H groups in total. The number of alkyl carbamates (subject to hydrolysis) is 1. The van der Waals surface area contributed by atoms with Gasteiger partial charge in [0.05, 0.1) is 29.1 Å². The molecule has 0 radical (unpaired) electrons. The molecule has 4 heterocycles. The smallest absolute Gasteiger partial charge is 0.408 e. The molecule has 2 aromatic heterocycles. The molecule has 2 aliphatic heterocycles. The predicted molar refractivity (Wildman–Crippen MR) is 220 cm³/mol. The molecule has 5 atom stereocenters. The number of ether oxygens (including phenoxy) is 3. The number of rotatable bonds is 10. The Balaban J connectivity index is 1.07. The molecule has 4 aliphatic rings. The van der Waals surface area contributed by atoms with E-state index in [1.807, 2.05) is 72.1 Å². The maximum Gasteiger partial charge on any atom is 0.408 e. The molecular weight excluding hydrogens is 771 g/mol. The average molecular weight is 822 g/mol. The molecule has 3 amide bonds. The normalized spacial score (nSPS) is 25.2. The second-order valence-corrected chi connectivity index (χ2v) is 17.2. The number of esters is 1. The van der Waals surface area contributed by atoms with Gasteiger partial charge in [0.25, 0.3) is 5.78 Å². The van der Waals surface area contributed by atoms with Crippen LogP contribution in [0.1, 0.15) is 89.0 Å². The highest BCUT2D eigenvalue weighted by molar-refractivity contribution is 7.13. The number of Topliss-reactive ketones (excluding diaryl/α,β-unsaturated/α-hetero) is 1. The second kappa shape index (κ2) is 18.3. The van der Waals surface area contributed by atoms with Crippen molar-refractivity contribution in [3.63, 3.8) is 0 Å². The number of benzene rings is 2. The topological polar surface area (TPSA) is 166 Å². The lowest BCUT2D eigenvalue weighted by molar-refractivity contribution is -0.156. The summed E-state index contributed by atoms with van der Waals surface area (Å²) in [6.45, 7) is 0.0347. The minimum atomic E-state index is -1.44. The number of ketones is 1. The molecule has 13 nitrogen and oxygen atoms in total. The number of hydrogen-bond donors (Lipinski definition) is 2. The number of carbonyl (C=O) groups is 5. The quantitative estimate of drug-likeness (QED) is 0.130. The van der Waals surface area contributed by atoms with Gasteiger partial charge in [-0.15, -0.1) is 11.3 Å². The molecule has 2 saturated carbocycles. The number of nitrogens with one attached hydrogen (secondary N) is 2. The van der Waals surface area contributed by atoms with Crippen LogP contribution in [0.15, 0.2) is 72.1 Å². The Labute approximate surface area is 347 Å². The fourth-order valence-corrected chi connectivity index (χ4v) is 9.56. The van der Waals surface area contributed by atoms with Gasteiger partial charge in [-0.25, -0.2) is 19.6 Å². The number of carbonyl (C=O) groups excluding carboxylic acids is 5. The largest absolute Gasteiger partial charge is 0.471 e. The summed E-state index contributed by atoms with van der Waals surface area (Å²) in [4.78, 5) is 82.0. The van der Waals surface area contributed by atoms with E-state index in [0.717, 1.165) is 61.8 Å². The number of aromatic nitrogens is 2. The summed E-state index contributed by atoms with van der Waals surface area (Å²) in [5.74, 6) is -2.74. The van der Waals surface area contributed by atoms with E-state index in [1.54, 1.807) is 0 Å². The minimum absolute atomic E-state index is 0.0110. The SMILES string of the molecule is O=C(N[C@H]1CCCCCCCC2CC2(C(=O)C(=O)OCCc2ccccc2)NC(=O)[C@@H]2C[C@@H](Oc3nc4ccccc4nc3-c3cccs3)CN2C1=O)OC1CCCC1. The lowest BCUT2D eigenvalue weighted by Crippen LogP contribution is -2.57. The molecule has 0 bridgehead atoms. The number of amides is 3. The van der Waals surface area contributed by atoms with Crippen LogP contribution in [0.4, 0.5) is 4.79 Å². The fourth-order valence-electron chi connectivity index (χ4n) is 8.86. The van der Waals surface area contributed by atoms with Crippen molar-refractivity contribution in [1.82, 2.24) is 25.5 Å². The summed E-state index contributed by atoms with van der Waals surface area (Å²) in [6.07, 6.45) is 7.98. The van der Waals surface area contributed by atoms with E-state index in [4.69, 9.17) is 24.2 Å². The molecule has 2 aliphatic carbocycles. The lowest BCUT2D eigenvalue weighted by atomic mass is 10.0. The highest BCUT2D eigenvalue weighted by atomic mass is 32.1. The van der Waals surface area contributed by atoms with Gasteiger partial charge in [-0.3, -0.25) is 14.4 Å². The van der Waals surface area contributed by atoms with Crippen molar-refractivity contribution in [2.75, 3.05) is 13.2 Å². The zero-order valence-corrected chi connectivity index (χ0v) is 34.0. The number of fused-ring (bicyclic) bond motifs is 3. The van der Waals surface area contributed by atoms with Gasteiger partial charge in [-0.1, -0.05) is 80.6 Å². The van der Waals surface area contributed by atoms with Crippen molar-refractivity contribution in [3.05, 3.63) is 77.7 Å². The van der Waals surface area contributed by atoms with Crippen LogP contribution in [0, 0.1) is 5.92 Å². The Morgan fingerprint density at radius 2 is 1.54 bits per heavy atom. The van der Waals surface area contributed by atoms with Crippen LogP contribution < -0.4 is 15.4 Å². The molecule has 8 rings (SSSR count). The number of nitrogens with zero attached hydrogens (tertiary/aromatic N) is 3. The van der Waals surface area contributed by atoms with Crippen molar-refractivity contribution < 1.29 is 38.2 Å². The highest BCUT2D eigenvalue weighted by Crippen LogP contribution is 2.48. The average Bonchev–Trinajstić information content (AvgIpc) is 3.75. The van der Waals surface area contributed by atoms with Crippen LogP contribution in [0.5, 0.6) is 5.88 Å². The van der Waals surface area contributed by atoms with Crippen molar-refractivity contribution in [2.45, 2.75) is 120 Å². The first-order valence-corrected chi connectivity index (χ1v) is 22.0. The van der Waals surface area contributed by atoms with Crippen molar-refractivity contribution in [1.29, 1.82) is 0 Å². The zero-order chi connectivity index (χ0) is 40.8. The molecule has 310 valence electrons. The third kappa shape index (κ3) is 9.43. The van der Waals surface area contributed by atoms with Gasteiger partial charge in [0.15, 0.2) is 0 Å². The van der Waals surface area contributed by atoms with Crippen molar-refractivity contribution in [3.8, 4) is 16.5 Å². The number of thiophene rings is 1. The van der Waals surface area contributed by atoms with Gasteiger partial charge in [-0.05, 0) is 80.0 Å². The van der Waals surface area contributed by atoms with Crippen LogP contribution in [0.2, 0.25) is 0 Å². The van der Waals surface area contributed by atoms with E-state index >= 15 is 0 Å². The van der Waals surface area contributed by atoms with Crippen LogP contribution >= 0.6 is 11.3 Å². The number of para-hydroxylation sites is 2. The van der Waals surface area contributed by atoms with Crippen molar-refractivity contribution >= 4 is 52.0 Å². The van der Waals surface area contributed by atoms with Crippen LogP contribution in [-0.2, 0) is 35.1 Å². The lowest BCUT2D eigenvalue weighted by Gasteiger charge is -2.29.